The molecule has 1 amide bonds. The average molecular weight is 621 g/mol. The fourth-order valence-corrected chi connectivity index (χ4v) is 6.27. The molecule has 11 heteroatoms. The zero-order valence-corrected chi connectivity index (χ0v) is 24.7. The number of hydrogen-bond donors (Lipinski definition) is 0. The fourth-order valence-electron chi connectivity index (χ4n) is 4.74. The first-order chi connectivity index (χ1) is 20.6. The minimum Gasteiger partial charge on any atom is -0.465 e. The Balaban J connectivity index is 1.49. The number of rotatable bonds is 9. The predicted octanol–water partition coefficient (Wildman–Crippen LogP) is 6.34. The molecule has 0 spiro atoms. The monoisotopic (exact) mass is 620 g/mol. The molecule has 43 heavy (non-hydrogen) atoms. The second-order valence-electron chi connectivity index (χ2n) is 9.62. The van der Waals surface area contributed by atoms with Gasteiger partial charge in [0.25, 0.3) is 5.91 Å². The van der Waals surface area contributed by atoms with Crippen LogP contribution in [0.25, 0.3) is 6.08 Å². The Kier molecular flexibility index (Phi) is 8.63. The van der Waals surface area contributed by atoms with E-state index in [2.05, 4.69) is 0 Å². The summed E-state index contributed by atoms with van der Waals surface area (Å²) in [4.78, 5) is 27.4. The van der Waals surface area contributed by atoms with Crippen molar-refractivity contribution < 1.29 is 31.6 Å². The Bertz CT molecular complexity index is 1850. The molecule has 0 unspecified atom stereocenters. The van der Waals surface area contributed by atoms with Crippen molar-refractivity contribution in [2.45, 2.75) is 24.9 Å². The summed E-state index contributed by atoms with van der Waals surface area (Å²) in [6, 6.07) is 23.9. The topological polar surface area (TPSA) is 97.1 Å². The fraction of sp³-hybridized carbons (Fsp3) is 0.125. The number of halogens is 2. The highest BCUT2D eigenvalue weighted by Gasteiger charge is 2.39. The van der Waals surface area contributed by atoms with Gasteiger partial charge in [-0.15, -0.1) is 0 Å². The van der Waals surface area contributed by atoms with Crippen molar-refractivity contribution in [1.29, 1.82) is 0 Å². The molecule has 3 aromatic carbocycles. The number of benzene rings is 3. The standard InChI is InChI=1S/C32H26ClFN2O6S/c1-21-30(32(38)41-2)27(31(37)36(21)29-11-7-6-10-28(29)34)18-24-14-15-25(42-24)20-35(19-22-8-4-3-5-9-22)43(39,40)26-16-12-23(33)13-17-26/h3-18H,19-20H2,1-2H3/b27-18+. The van der Waals surface area contributed by atoms with Crippen molar-refractivity contribution in [1.82, 2.24) is 4.31 Å². The van der Waals surface area contributed by atoms with E-state index in [4.69, 9.17) is 20.8 Å². The van der Waals surface area contributed by atoms with Crippen LogP contribution in [0.1, 0.15) is 24.0 Å². The summed E-state index contributed by atoms with van der Waals surface area (Å²) in [5, 5.41) is 0.405. The first kappa shape index (κ1) is 30.0. The molecule has 1 aliphatic heterocycles. The molecular weight excluding hydrogens is 595 g/mol. The number of carbonyl (C=O) groups excluding carboxylic acids is 2. The first-order valence-corrected chi connectivity index (χ1v) is 14.9. The van der Waals surface area contributed by atoms with Gasteiger partial charge in [-0.05, 0) is 67.1 Å². The SMILES string of the molecule is COC(=O)C1=C(C)N(c2ccccc2F)C(=O)/C1=C/c1ccc(CN(Cc2ccccc2)S(=O)(=O)c2ccc(Cl)cc2)o1. The summed E-state index contributed by atoms with van der Waals surface area (Å²) in [6.07, 6.45) is 1.36. The highest BCUT2D eigenvalue weighted by atomic mass is 35.5. The summed E-state index contributed by atoms with van der Waals surface area (Å²) in [7, 11) is -2.79. The summed E-state index contributed by atoms with van der Waals surface area (Å²) in [5.74, 6) is -1.58. The third kappa shape index (κ3) is 6.17. The van der Waals surface area contributed by atoms with Gasteiger partial charge in [0, 0.05) is 17.3 Å². The predicted molar refractivity (Wildman–Crippen MR) is 160 cm³/mol. The smallest absolute Gasteiger partial charge is 0.340 e. The first-order valence-electron chi connectivity index (χ1n) is 13.1. The molecule has 0 radical (unpaired) electrons. The van der Waals surface area contributed by atoms with Crippen LogP contribution in [0.2, 0.25) is 5.02 Å². The average Bonchev–Trinajstić information content (AvgIpc) is 3.54. The van der Waals surface area contributed by atoms with E-state index >= 15 is 0 Å². The van der Waals surface area contributed by atoms with E-state index in [9.17, 15) is 22.4 Å². The van der Waals surface area contributed by atoms with Crippen molar-refractivity contribution in [2.75, 3.05) is 12.0 Å². The van der Waals surface area contributed by atoms with Crippen molar-refractivity contribution in [3.05, 3.63) is 136 Å². The third-order valence-electron chi connectivity index (χ3n) is 6.84. The van der Waals surface area contributed by atoms with E-state index in [0.29, 0.717) is 5.02 Å². The summed E-state index contributed by atoms with van der Waals surface area (Å²) in [6.45, 7) is 1.46. The Hall–Kier alpha value is -4.51. The number of hydrogen-bond acceptors (Lipinski definition) is 6. The van der Waals surface area contributed by atoms with Gasteiger partial charge in [0.15, 0.2) is 0 Å². The minimum atomic E-state index is -3.97. The molecule has 1 aliphatic rings. The molecule has 0 aliphatic carbocycles. The Morgan fingerprint density at radius 3 is 2.33 bits per heavy atom. The molecule has 5 rings (SSSR count). The minimum absolute atomic E-state index is 0.0149. The zero-order chi connectivity index (χ0) is 30.7. The van der Waals surface area contributed by atoms with Crippen LogP contribution in [-0.2, 0) is 37.4 Å². The molecule has 0 N–H and O–H groups in total. The normalized spacial score (nSPS) is 14.7. The number of para-hydroxylation sites is 1. The van der Waals surface area contributed by atoms with Gasteiger partial charge >= 0.3 is 5.97 Å². The number of carbonyl (C=O) groups is 2. The van der Waals surface area contributed by atoms with E-state index in [0.717, 1.165) is 10.5 Å². The van der Waals surface area contributed by atoms with Gasteiger partial charge in [0.2, 0.25) is 10.0 Å². The molecule has 220 valence electrons. The summed E-state index contributed by atoms with van der Waals surface area (Å²) >= 11 is 5.98. The van der Waals surface area contributed by atoms with Crippen molar-refractivity contribution in [3.63, 3.8) is 0 Å². The third-order valence-corrected chi connectivity index (χ3v) is 8.90. The van der Waals surface area contributed by atoms with E-state index in [1.807, 2.05) is 30.3 Å². The molecule has 1 aromatic heterocycles. The molecule has 0 fully saturated rings. The van der Waals surface area contributed by atoms with Gasteiger partial charge in [-0.2, -0.15) is 4.31 Å². The number of furan rings is 1. The number of esters is 1. The lowest BCUT2D eigenvalue weighted by Gasteiger charge is -2.21. The Morgan fingerprint density at radius 2 is 1.65 bits per heavy atom. The van der Waals surface area contributed by atoms with Gasteiger partial charge in [-0.3, -0.25) is 9.69 Å². The lowest BCUT2D eigenvalue weighted by molar-refractivity contribution is -0.136. The van der Waals surface area contributed by atoms with Crippen LogP contribution in [0.15, 0.2) is 117 Å². The van der Waals surface area contributed by atoms with Gasteiger partial charge in [0.1, 0.15) is 17.3 Å². The number of anilines is 1. The van der Waals surface area contributed by atoms with Crippen LogP contribution >= 0.6 is 11.6 Å². The van der Waals surface area contributed by atoms with Crippen molar-refractivity contribution in [2.24, 2.45) is 0 Å². The molecule has 0 saturated heterocycles. The second kappa shape index (κ2) is 12.4. The maximum atomic E-state index is 14.6. The number of allylic oxidation sites excluding steroid dienone is 1. The molecule has 0 saturated carbocycles. The van der Waals surface area contributed by atoms with E-state index < -0.39 is 27.7 Å². The van der Waals surface area contributed by atoms with E-state index in [-0.39, 0.29) is 52.0 Å². The van der Waals surface area contributed by atoms with E-state index in [1.165, 1.54) is 66.9 Å². The number of methoxy groups -OCH3 is 1. The van der Waals surface area contributed by atoms with Crippen LogP contribution in [0.4, 0.5) is 10.1 Å². The van der Waals surface area contributed by atoms with Gasteiger partial charge < -0.3 is 9.15 Å². The van der Waals surface area contributed by atoms with Crippen LogP contribution in [0, 0.1) is 5.82 Å². The van der Waals surface area contributed by atoms with Gasteiger partial charge in [0.05, 0.1) is 35.4 Å². The lowest BCUT2D eigenvalue weighted by Crippen LogP contribution is -2.30. The Labute approximate surface area is 253 Å². The zero-order valence-electron chi connectivity index (χ0n) is 23.2. The molecule has 4 aromatic rings. The van der Waals surface area contributed by atoms with Crippen LogP contribution in [-0.4, -0.2) is 31.7 Å². The number of sulfonamides is 1. The summed E-state index contributed by atoms with van der Waals surface area (Å²) < 4.78 is 54.1. The van der Waals surface area contributed by atoms with Crippen LogP contribution in [0.3, 0.4) is 0 Å². The molecule has 8 nitrogen and oxygen atoms in total. The van der Waals surface area contributed by atoms with E-state index in [1.54, 1.807) is 18.2 Å². The largest absolute Gasteiger partial charge is 0.465 e. The molecule has 0 atom stereocenters. The highest BCUT2D eigenvalue weighted by Crippen LogP contribution is 2.36. The highest BCUT2D eigenvalue weighted by molar-refractivity contribution is 7.89. The van der Waals surface area contributed by atoms with Gasteiger partial charge in [-0.25, -0.2) is 17.6 Å². The van der Waals surface area contributed by atoms with Crippen molar-refractivity contribution >= 4 is 45.3 Å². The number of amides is 1. The molecule has 2 heterocycles. The lowest BCUT2D eigenvalue weighted by atomic mass is 10.1. The molecule has 0 bridgehead atoms. The second-order valence-corrected chi connectivity index (χ2v) is 12.0. The summed E-state index contributed by atoms with van der Waals surface area (Å²) in [5.41, 5.74) is 0.859. The van der Waals surface area contributed by atoms with Crippen molar-refractivity contribution in [3.8, 4) is 0 Å². The maximum absolute atomic E-state index is 14.6. The van der Waals surface area contributed by atoms with Gasteiger partial charge in [-0.1, -0.05) is 54.1 Å². The Morgan fingerprint density at radius 1 is 0.977 bits per heavy atom. The van der Waals surface area contributed by atoms with Crippen LogP contribution in [0.5, 0.6) is 0 Å². The van der Waals surface area contributed by atoms with Crippen LogP contribution < -0.4 is 4.90 Å². The molecular formula is C32H26ClFN2O6S. The maximum Gasteiger partial charge on any atom is 0.340 e. The quantitative estimate of drug-likeness (QED) is 0.160. The number of ether oxygens (including phenoxy) is 1. The number of nitrogens with zero attached hydrogens (tertiary/aromatic N) is 2.